The average molecular weight is 499 g/mol. The van der Waals surface area contributed by atoms with Crippen molar-refractivity contribution in [3.8, 4) is 23.0 Å². The molecule has 0 saturated carbocycles. The number of benzene rings is 2. The molecule has 1 saturated heterocycles. The zero-order chi connectivity index (χ0) is 25.5. The van der Waals surface area contributed by atoms with Gasteiger partial charge in [0.15, 0.2) is 11.5 Å². The lowest BCUT2D eigenvalue weighted by Crippen LogP contribution is -2.47. The van der Waals surface area contributed by atoms with Gasteiger partial charge in [0.25, 0.3) is 0 Å². The first-order valence-corrected chi connectivity index (χ1v) is 12.8. The van der Waals surface area contributed by atoms with Crippen molar-refractivity contribution in [2.75, 3.05) is 39.5 Å². The maximum atomic E-state index is 12.8. The quantitative estimate of drug-likeness (QED) is 0.516. The zero-order valence-corrected chi connectivity index (χ0v) is 21.5. The summed E-state index contributed by atoms with van der Waals surface area (Å²) >= 11 is 0. The lowest BCUT2D eigenvalue weighted by Gasteiger charge is -2.29. The van der Waals surface area contributed by atoms with Crippen LogP contribution in [0.3, 0.4) is 0 Å². The average Bonchev–Trinajstić information content (AvgIpc) is 3.36. The number of rotatable bonds is 10. The third kappa shape index (κ3) is 7.51. The molecule has 2 aromatic carbocycles. The largest absolute Gasteiger partial charge is 0.493 e. The molecule has 2 heterocycles. The molecule has 2 atom stereocenters. The summed E-state index contributed by atoms with van der Waals surface area (Å²) in [6.07, 6.45) is 1.58. The predicted octanol–water partition coefficient (Wildman–Crippen LogP) is 3.72. The van der Waals surface area contributed by atoms with Crippen molar-refractivity contribution in [1.29, 1.82) is 0 Å². The fourth-order valence-corrected chi connectivity index (χ4v) is 4.44. The molecule has 0 spiro atoms. The van der Waals surface area contributed by atoms with Gasteiger partial charge in [0.2, 0.25) is 5.91 Å². The SMILES string of the molecule is CC(C)(C)Oc1ccc(OCCC(=O)NC(CN2CCCC2)C(O)c2ccc3c(c2)OCCO3)cc1. The molecule has 2 unspecified atom stereocenters. The van der Waals surface area contributed by atoms with Gasteiger partial charge in [-0.15, -0.1) is 0 Å². The van der Waals surface area contributed by atoms with Crippen LogP contribution in [0.15, 0.2) is 42.5 Å². The number of fused-ring (bicyclic) bond motifs is 1. The molecule has 0 radical (unpaired) electrons. The number of aliphatic hydroxyl groups excluding tert-OH is 1. The van der Waals surface area contributed by atoms with Crippen LogP contribution in [0.25, 0.3) is 0 Å². The van der Waals surface area contributed by atoms with Gasteiger partial charge in [-0.05, 0) is 88.7 Å². The van der Waals surface area contributed by atoms with Gasteiger partial charge in [-0.3, -0.25) is 4.79 Å². The maximum Gasteiger partial charge on any atom is 0.223 e. The second-order valence-electron chi connectivity index (χ2n) is 10.3. The number of carbonyl (C=O) groups is 1. The Hall–Kier alpha value is -2.97. The van der Waals surface area contributed by atoms with Crippen molar-refractivity contribution in [3.63, 3.8) is 0 Å². The molecule has 2 aromatic rings. The normalized spacial score (nSPS) is 17.3. The smallest absolute Gasteiger partial charge is 0.223 e. The molecule has 8 heteroatoms. The number of aliphatic hydroxyl groups is 1. The fraction of sp³-hybridized carbons (Fsp3) is 0.536. The standard InChI is InChI=1S/C28H38N2O6/c1-28(2,3)36-22-9-7-21(8-10-22)33-15-12-26(31)29-23(19-30-13-4-5-14-30)27(32)20-6-11-24-25(18-20)35-17-16-34-24/h6-11,18,23,27,32H,4-5,12-17,19H2,1-3H3,(H,29,31). The molecule has 1 fully saturated rings. The third-order valence-corrected chi connectivity index (χ3v) is 6.13. The Bertz CT molecular complexity index is 998. The van der Waals surface area contributed by atoms with E-state index in [-0.39, 0.29) is 24.5 Å². The summed E-state index contributed by atoms with van der Waals surface area (Å²) in [6.45, 7) is 9.75. The zero-order valence-electron chi connectivity index (χ0n) is 21.5. The third-order valence-electron chi connectivity index (χ3n) is 6.13. The number of hydrogen-bond donors (Lipinski definition) is 2. The number of hydrogen-bond acceptors (Lipinski definition) is 7. The molecule has 0 aliphatic carbocycles. The van der Waals surface area contributed by atoms with Crippen LogP contribution in [0.4, 0.5) is 0 Å². The van der Waals surface area contributed by atoms with Crippen LogP contribution in [0.5, 0.6) is 23.0 Å². The lowest BCUT2D eigenvalue weighted by molar-refractivity contribution is -0.123. The molecule has 2 N–H and O–H groups in total. The van der Waals surface area contributed by atoms with E-state index < -0.39 is 12.1 Å². The molecule has 196 valence electrons. The lowest BCUT2D eigenvalue weighted by atomic mass is 10.0. The van der Waals surface area contributed by atoms with Crippen molar-refractivity contribution >= 4 is 5.91 Å². The Balaban J connectivity index is 1.33. The van der Waals surface area contributed by atoms with E-state index in [9.17, 15) is 9.90 Å². The monoisotopic (exact) mass is 498 g/mol. The number of nitrogens with zero attached hydrogens (tertiary/aromatic N) is 1. The highest BCUT2D eigenvalue weighted by molar-refractivity contribution is 5.76. The minimum absolute atomic E-state index is 0.163. The van der Waals surface area contributed by atoms with E-state index in [1.54, 1.807) is 6.07 Å². The van der Waals surface area contributed by atoms with E-state index in [2.05, 4.69) is 10.2 Å². The highest BCUT2D eigenvalue weighted by atomic mass is 16.6. The fourth-order valence-electron chi connectivity index (χ4n) is 4.44. The predicted molar refractivity (Wildman–Crippen MR) is 137 cm³/mol. The Morgan fingerprint density at radius 2 is 1.69 bits per heavy atom. The van der Waals surface area contributed by atoms with Crippen LogP contribution in [0.1, 0.15) is 51.7 Å². The van der Waals surface area contributed by atoms with Gasteiger partial charge in [-0.2, -0.15) is 0 Å². The Labute approximate surface area is 213 Å². The van der Waals surface area contributed by atoms with Crippen molar-refractivity contribution in [3.05, 3.63) is 48.0 Å². The van der Waals surface area contributed by atoms with Gasteiger partial charge in [0.05, 0.1) is 19.1 Å². The molecule has 36 heavy (non-hydrogen) atoms. The highest BCUT2D eigenvalue weighted by Gasteiger charge is 2.28. The highest BCUT2D eigenvalue weighted by Crippen LogP contribution is 2.33. The van der Waals surface area contributed by atoms with E-state index in [1.165, 1.54) is 0 Å². The second-order valence-corrected chi connectivity index (χ2v) is 10.3. The van der Waals surface area contributed by atoms with Crippen molar-refractivity contribution in [2.45, 2.75) is 57.8 Å². The molecular weight excluding hydrogens is 460 g/mol. The molecule has 0 bridgehead atoms. The molecular formula is C28H38N2O6. The summed E-state index contributed by atoms with van der Waals surface area (Å²) in [5.41, 5.74) is 0.425. The summed E-state index contributed by atoms with van der Waals surface area (Å²) in [6, 6.07) is 12.4. The minimum atomic E-state index is -0.873. The van der Waals surface area contributed by atoms with Crippen molar-refractivity contribution in [2.24, 2.45) is 0 Å². The van der Waals surface area contributed by atoms with Gasteiger partial charge < -0.3 is 34.3 Å². The maximum absolute atomic E-state index is 12.8. The number of carbonyl (C=O) groups excluding carboxylic acids is 1. The number of nitrogens with one attached hydrogen (secondary N) is 1. The molecule has 1 amide bonds. The number of ether oxygens (including phenoxy) is 4. The first-order chi connectivity index (χ1) is 17.3. The van der Waals surface area contributed by atoms with Crippen LogP contribution in [0, 0.1) is 0 Å². The molecule has 8 nitrogen and oxygen atoms in total. The van der Waals surface area contributed by atoms with Gasteiger partial charge in [0, 0.05) is 6.54 Å². The van der Waals surface area contributed by atoms with Gasteiger partial charge >= 0.3 is 0 Å². The van der Waals surface area contributed by atoms with Crippen LogP contribution < -0.4 is 24.3 Å². The Morgan fingerprint density at radius 1 is 1.03 bits per heavy atom. The van der Waals surface area contributed by atoms with Gasteiger partial charge in [0.1, 0.15) is 36.4 Å². The summed E-state index contributed by atoms with van der Waals surface area (Å²) in [5.74, 6) is 2.58. The summed E-state index contributed by atoms with van der Waals surface area (Å²) in [5, 5.41) is 14.3. The van der Waals surface area contributed by atoms with E-state index in [4.69, 9.17) is 18.9 Å². The first kappa shape index (κ1) is 26.1. The number of amides is 1. The second kappa shape index (κ2) is 11.8. The van der Waals surface area contributed by atoms with E-state index in [0.29, 0.717) is 42.6 Å². The van der Waals surface area contributed by atoms with E-state index in [0.717, 1.165) is 31.7 Å². The summed E-state index contributed by atoms with van der Waals surface area (Å²) < 4.78 is 22.9. The minimum Gasteiger partial charge on any atom is -0.493 e. The van der Waals surface area contributed by atoms with E-state index >= 15 is 0 Å². The van der Waals surface area contributed by atoms with Gasteiger partial charge in [-0.1, -0.05) is 6.07 Å². The van der Waals surface area contributed by atoms with E-state index in [1.807, 2.05) is 57.2 Å². The Morgan fingerprint density at radius 3 is 2.39 bits per heavy atom. The molecule has 2 aliphatic heterocycles. The first-order valence-electron chi connectivity index (χ1n) is 12.8. The molecule has 0 aromatic heterocycles. The van der Waals surface area contributed by atoms with Crippen molar-refractivity contribution in [1.82, 2.24) is 10.2 Å². The molecule has 2 aliphatic rings. The van der Waals surface area contributed by atoms with Crippen LogP contribution >= 0.6 is 0 Å². The molecule has 4 rings (SSSR count). The summed E-state index contributed by atoms with van der Waals surface area (Å²) in [7, 11) is 0. The van der Waals surface area contributed by atoms with Crippen LogP contribution in [0.2, 0.25) is 0 Å². The van der Waals surface area contributed by atoms with Gasteiger partial charge in [-0.25, -0.2) is 0 Å². The summed E-state index contributed by atoms with van der Waals surface area (Å²) in [4.78, 5) is 15.1. The van der Waals surface area contributed by atoms with Crippen LogP contribution in [-0.2, 0) is 4.79 Å². The van der Waals surface area contributed by atoms with Crippen molar-refractivity contribution < 1.29 is 28.8 Å². The number of likely N-dealkylation sites (tertiary alicyclic amines) is 1. The Kier molecular flexibility index (Phi) is 8.59. The topological polar surface area (TPSA) is 89.5 Å². The van der Waals surface area contributed by atoms with Crippen LogP contribution in [-0.4, -0.2) is 67.0 Å².